The SMILES string of the molecule is COc1ccccc1[C@H](C)N(C)Cc1nc(C)c(-c2ccc(Cl)cc2)o1. The number of aryl methyl sites for hydroxylation is 1. The number of para-hydroxylation sites is 1. The molecule has 0 amide bonds. The Morgan fingerprint density at radius 1 is 1.15 bits per heavy atom. The molecule has 4 nitrogen and oxygen atoms in total. The predicted octanol–water partition coefficient (Wildman–Crippen LogP) is 5.51. The third-order valence-corrected chi connectivity index (χ3v) is 4.83. The number of hydrogen-bond donors (Lipinski definition) is 0. The first kappa shape index (κ1) is 18.5. The van der Waals surface area contributed by atoms with E-state index in [9.17, 15) is 0 Å². The van der Waals surface area contributed by atoms with Crippen LogP contribution in [0.2, 0.25) is 5.02 Å². The number of halogens is 1. The van der Waals surface area contributed by atoms with Gasteiger partial charge in [0.15, 0.2) is 5.76 Å². The van der Waals surface area contributed by atoms with Crippen molar-refractivity contribution in [2.45, 2.75) is 26.4 Å². The molecule has 26 heavy (non-hydrogen) atoms. The van der Waals surface area contributed by atoms with Crippen LogP contribution in [0.25, 0.3) is 11.3 Å². The maximum atomic E-state index is 6.03. The van der Waals surface area contributed by atoms with Crippen LogP contribution in [0.15, 0.2) is 52.9 Å². The van der Waals surface area contributed by atoms with Crippen LogP contribution in [0.1, 0.15) is 30.1 Å². The maximum absolute atomic E-state index is 6.03. The molecular weight excluding hydrogens is 348 g/mol. The van der Waals surface area contributed by atoms with Gasteiger partial charge in [-0.05, 0) is 51.2 Å². The Hall–Kier alpha value is -2.30. The van der Waals surface area contributed by atoms with E-state index in [1.165, 1.54) is 0 Å². The second kappa shape index (κ2) is 7.94. The van der Waals surface area contributed by atoms with E-state index in [1.54, 1.807) is 7.11 Å². The summed E-state index contributed by atoms with van der Waals surface area (Å²) in [5.41, 5.74) is 2.99. The first-order chi connectivity index (χ1) is 12.5. The molecule has 5 heteroatoms. The molecule has 0 bridgehead atoms. The summed E-state index contributed by atoms with van der Waals surface area (Å²) in [6.07, 6.45) is 0. The molecule has 136 valence electrons. The zero-order valence-corrected chi connectivity index (χ0v) is 16.2. The number of methoxy groups -OCH3 is 1. The summed E-state index contributed by atoms with van der Waals surface area (Å²) in [5.74, 6) is 2.36. The van der Waals surface area contributed by atoms with Crippen LogP contribution < -0.4 is 4.74 Å². The van der Waals surface area contributed by atoms with Gasteiger partial charge in [-0.1, -0.05) is 29.8 Å². The number of nitrogens with zero attached hydrogens (tertiary/aromatic N) is 2. The van der Waals surface area contributed by atoms with E-state index < -0.39 is 0 Å². The maximum Gasteiger partial charge on any atom is 0.209 e. The van der Waals surface area contributed by atoms with Crippen molar-refractivity contribution in [3.8, 4) is 17.1 Å². The average Bonchev–Trinajstić information content (AvgIpc) is 3.01. The number of benzene rings is 2. The van der Waals surface area contributed by atoms with Crippen molar-refractivity contribution in [2.24, 2.45) is 0 Å². The topological polar surface area (TPSA) is 38.5 Å². The Kier molecular flexibility index (Phi) is 5.64. The quantitative estimate of drug-likeness (QED) is 0.573. The van der Waals surface area contributed by atoms with E-state index >= 15 is 0 Å². The van der Waals surface area contributed by atoms with Crippen LogP contribution in [0, 0.1) is 6.92 Å². The first-order valence-corrected chi connectivity index (χ1v) is 8.92. The molecule has 0 saturated carbocycles. The van der Waals surface area contributed by atoms with Crippen LogP contribution in [0.5, 0.6) is 5.75 Å². The van der Waals surface area contributed by atoms with Gasteiger partial charge in [0.1, 0.15) is 5.75 Å². The number of hydrogen-bond acceptors (Lipinski definition) is 4. The van der Waals surface area contributed by atoms with E-state index in [1.807, 2.05) is 49.4 Å². The van der Waals surface area contributed by atoms with Crippen molar-refractivity contribution in [1.82, 2.24) is 9.88 Å². The van der Waals surface area contributed by atoms with Gasteiger partial charge in [0.2, 0.25) is 5.89 Å². The Morgan fingerprint density at radius 2 is 1.85 bits per heavy atom. The molecule has 0 aliphatic heterocycles. The van der Waals surface area contributed by atoms with E-state index in [-0.39, 0.29) is 6.04 Å². The molecule has 0 aliphatic rings. The highest BCUT2D eigenvalue weighted by Crippen LogP contribution is 2.30. The lowest BCUT2D eigenvalue weighted by Gasteiger charge is -2.25. The molecule has 0 spiro atoms. The predicted molar refractivity (Wildman–Crippen MR) is 105 cm³/mol. The van der Waals surface area contributed by atoms with Gasteiger partial charge in [0.05, 0.1) is 19.3 Å². The van der Waals surface area contributed by atoms with Crippen LogP contribution in [0.3, 0.4) is 0 Å². The number of ether oxygens (including phenoxy) is 1. The third-order valence-electron chi connectivity index (χ3n) is 4.58. The van der Waals surface area contributed by atoms with Gasteiger partial charge >= 0.3 is 0 Å². The minimum Gasteiger partial charge on any atom is -0.496 e. The lowest BCUT2D eigenvalue weighted by molar-refractivity contribution is 0.224. The van der Waals surface area contributed by atoms with Crippen molar-refractivity contribution in [2.75, 3.05) is 14.2 Å². The molecular formula is C21H23ClN2O2. The molecule has 0 N–H and O–H groups in total. The summed E-state index contributed by atoms with van der Waals surface area (Å²) in [7, 11) is 3.75. The molecule has 2 aromatic carbocycles. The molecule has 3 rings (SSSR count). The molecule has 1 heterocycles. The normalized spacial score (nSPS) is 12.4. The summed E-state index contributed by atoms with van der Waals surface area (Å²) in [4.78, 5) is 6.78. The van der Waals surface area contributed by atoms with Gasteiger partial charge in [-0.25, -0.2) is 4.98 Å². The van der Waals surface area contributed by atoms with Crippen LogP contribution in [-0.2, 0) is 6.54 Å². The van der Waals surface area contributed by atoms with Crippen molar-refractivity contribution in [3.05, 3.63) is 70.7 Å². The van der Waals surface area contributed by atoms with Crippen molar-refractivity contribution >= 4 is 11.6 Å². The van der Waals surface area contributed by atoms with E-state index in [2.05, 4.69) is 29.9 Å². The lowest BCUT2D eigenvalue weighted by atomic mass is 10.1. The van der Waals surface area contributed by atoms with E-state index in [4.69, 9.17) is 20.8 Å². The molecule has 1 aromatic heterocycles. The van der Waals surface area contributed by atoms with Crippen LogP contribution in [-0.4, -0.2) is 24.0 Å². The van der Waals surface area contributed by atoms with Crippen LogP contribution in [0.4, 0.5) is 0 Å². The molecule has 0 aliphatic carbocycles. The Morgan fingerprint density at radius 3 is 2.54 bits per heavy atom. The summed E-state index contributed by atoms with van der Waals surface area (Å²) in [5, 5.41) is 0.705. The molecule has 0 saturated heterocycles. The fraction of sp³-hybridized carbons (Fsp3) is 0.286. The number of aromatic nitrogens is 1. The second-order valence-corrected chi connectivity index (χ2v) is 6.80. The molecule has 0 radical (unpaired) electrons. The summed E-state index contributed by atoms with van der Waals surface area (Å²) >= 11 is 5.97. The minimum atomic E-state index is 0.164. The van der Waals surface area contributed by atoms with Gasteiger partial charge in [0, 0.05) is 22.2 Å². The fourth-order valence-corrected chi connectivity index (χ4v) is 3.11. The summed E-state index contributed by atoms with van der Waals surface area (Å²) in [6.45, 7) is 4.71. The average molecular weight is 371 g/mol. The molecule has 3 aromatic rings. The zero-order valence-electron chi connectivity index (χ0n) is 15.5. The highest BCUT2D eigenvalue weighted by atomic mass is 35.5. The van der Waals surface area contributed by atoms with Gasteiger partial charge < -0.3 is 9.15 Å². The van der Waals surface area contributed by atoms with E-state index in [0.29, 0.717) is 17.5 Å². The summed E-state index contributed by atoms with van der Waals surface area (Å²) in [6, 6.07) is 15.8. The number of oxazole rings is 1. The van der Waals surface area contributed by atoms with Crippen molar-refractivity contribution in [1.29, 1.82) is 0 Å². The second-order valence-electron chi connectivity index (χ2n) is 6.36. The largest absolute Gasteiger partial charge is 0.496 e. The Balaban J connectivity index is 1.78. The van der Waals surface area contributed by atoms with Gasteiger partial charge in [-0.15, -0.1) is 0 Å². The van der Waals surface area contributed by atoms with Gasteiger partial charge in [0.25, 0.3) is 0 Å². The zero-order chi connectivity index (χ0) is 18.7. The Bertz CT molecular complexity index is 874. The Labute approximate surface area is 159 Å². The smallest absolute Gasteiger partial charge is 0.209 e. The van der Waals surface area contributed by atoms with Crippen molar-refractivity contribution in [3.63, 3.8) is 0 Å². The third kappa shape index (κ3) is 3.92. The minimum absolute atomic E-state index is 0.164. The molecule has 0 unspecified atom stereocenters. The molecule has 1 atom stereocenters. The summed E-state index contributed by atoms with van der Waals surface area (Å²) < 4.78 is 11.5. The van der Waals surface area contributed by atoms with Gasteiger partial charge in [-0.2, -0.15) is 0 Å². The molecule has 0 fully saturated rings. The highest BCUT2D eigenvalue weighted by Gasteiger charge is 2.19. The first-order valence-electron chi connectivity index (χ1n) is 8.55. The number of rotatable bonds is 6. The lowest BCUT2D eigenvalue weighted by Crippen LogP contribution is -2.22. The fourth-order valence-electron chi connectivity index (χ4n) is 2.99. The van der Waals surface area contributed by atoms with E-state index in [0.717, 1.165) is 28.3 Å². The van der Waals surface area contributed by atoms with Crippen LogP contribution >= 0.6 is 11.6 Å². The monoisotopic (exact) mass is 370 g/mol. The van der Waals surface area contributed by atoms with Crippen molar-refractivity contribution < 1.29 is 9.15 Å². The standard InChI is InChI=1S/C21H23ClN2O2/c1-14-21(16-9-11-17(22)12-10-16)26-20(23-14)13-24(3)15(2)18-7-5-6-8-19(18)25-4/h5-12,15H,13H2,1-4H3/t15-/m0/s1. The van der Waals surface area contributed by atoms with Gasteiger partial charge in [-0.3, -0.25) is 4.90 Å². The highest BCUT2D eigenvalue weighted by molar-refractivity contribution is 6.30.